The molecule has 2 fully saturated rings. The third kappa shape index (κ3) is 5.27. The van der Waals surface area contributed by atoms with E-state index in [2.05, 4.69) is 27.7 Å². The highest BCUT2D eigenvalue weighted by Crippen LogP contribution is 2.57. The quantitative estimate of drug-likeness (QED) is 0.389. The van der Waals surface area contributed by atoms with Gasteiger partial charge in [0.2, 0.25) is 0 Å². The molecule has 2 aliphatic rings. The van der Waals surface area contributed by atoms with Gasteiger partial charge in [0.1, 0.15) is 11.5 Å². The molecule has 3 rings (SSSR count). The highest BCUT2D eigenvalue weighted by Gasteiger charge is 2.40. The largest absolute Gasteiger partial charge is 0.508 e. The number of rotatable bonds is 7. The van der Waals surface area contributed by atoms with E-state index < -0.39 is 6.10 Å². The Labute approximate surface area is 191 Å². The second-order valence-electron chi connectivity index (χ2n) is 10.2. The van der Waals surface area contributed by atoms with Crippen LogP contribution >= 0.6 is 23.5 Å². The zero-order valence-corrected chi connectivity index (χ0v) is 20.7. The van der Waals surface area contributed by atoms with Crippen molar-refractivity contribution in [2.75, 3.05) is 11.5 Å². The summed E-state index contributed by atoms with van der Waals surface area (Å²) in [7, 11) is 0. The first-order valence-corrected chi connectivity index (χ1v) is 13.7. The minimum Gasteiger partial charge on any atom is -0.508 e. The predicted molar refractivity (Wildman–Crippen MR) is 131 cm³/mol. The average Bonchev–Trinajstić information content (AvgIpc) is 3.14. The first kappa shape index (κ1) is 24.1. The molecule has 1 aliphatic carbocycles. The molecule has 30 heavy (non-hydrogen) atoms. The van der Waals surface area contributed by atoms with Crippen molar-refractivity contribution in [3.8, 4) is 11.5 Å². The molecule has 0 radical (unpaired) electrons. The maximum absolute atomic E-state index is 11.0. The molecule has 0 bridgehead atoms. The lowest BCUT2D eigenvalue weighted by molar-refractivity contribution is 0.00291. The third-order valence-corrected chi connectivity index (χ3v) is 10.6. The molecule has 3 atom stereocenters. The Morgan fingerprint density at radius 3 is 2.17 bits per heavy atom. The molecule has 3 N–H and O–H groups in total. The number of aliphatic hydroxyl groups is 1. The zero-order valence-electron chi connectivity index (χ0n) is 19.1. The van der Waals surface area contributed by atoms with E-state index in [1.54, 1.807) is 0 Å². The minimum atomic E-state index is -0.395. The smallest absolute Gasteiger partial charge is 0.123 e. The van der Waals surface area contributed by atoms with Crippen LogP contribution in [-0.2, 0) is 4.08 Å². The lowest BCUT2D eigenvalue weighted by Gasteiger charge is -2.41. The van der Waals surface area contributed by atoms with Crippen molar-refractivity contribution in [2.45, 2.75) is 95.2 Å². The topological polar surface area (TPSA) is 60.7 Å². The summed E-state index contributed by atoms with van der Waals surface area (Å²) in [5.74, 6) is 2.91. The molecule has 1 aromatic rings. The van der Waals surface area contributed by atoms with Crippen LogP contribution in [-0.4, -0.2) is 32.9 Å². The average molecular weight is 453 g/mol. The van der Waals surface area contributed by atoms with Gasteiger partial charge in [0, 0.05) is 17.1 Å². The highest BCUT2D eigenvalue weighted by atomic mass is 32.2. The minimum absolute atomic E-state index is 0.0111. The zero-order chi connectivity index (χ0) is 21.9. The molecule has 0 spiro atoms. The van der Waals surface area contributed by atoms with Crippen molar-refractivity contribution in [2.24, 2.45) is 11.3 Å². The fourth-order valence-electron chi connectivity index (χ4n) is 5.37. The van der Waals surface area contributed by atoms with E-state index in [0.717, 1.165) is 36.3 Å². The maximum Gasteiger partial charge on any atom is 0.123 e. The molecule has 170 valence electrons. The van der Waals surface area contributed by atoms with Crippen molar-refractivity contribution in [1.29, 1.82) is 0 Å². The monoisotopic (exact) mass is 452 g/mol. The van der Waals surface area contributed by atoms with Crippen LogP contribution in [0.2, 0.25) is 0 Å². The van der Waals surface area contributed by atoms with Gasteiger partial charge in [0.25, 0.3) is 0 Å². The van der Waals surface area contributed by atoms with E-state index >= 15 is 0 Å². The van der Waals surface area contributed by atoms with Crippen molar-refractivity contribution in [3.63, 3.8) is 0 Å². The van der Waals surface area contributed by atoms with E-state index in [0.29, 0.717) is 12.0 Å². The van der Waals surface area contributed by atoms with Crippen molar-refractivity contribution < 1.29 is 15.3 Å². The van der Waals surface area contributed by atoms with Crippen LogP contribution in [0, 0.1) is 11.3 Å². The van der Waals surface area contributed by atoms with E-state index in [-0.39, 0.29) is 32.8 Å². The second kappa shape index (κ2) is 9.95. The number of unbranched alkanes of at least 4 members (excludes halogenated alkanes) is 3. The summed E-state index contributed by atoms with van der Waals surface area (Å²) >= 11 is 3.93. The summed E-state index contributed by atoms with van der Waals surface area (Å²) in [6.07, 6.45) is 8.02. The summed E-state index contributed by atoms with van der Waals surface area (Å²) < 4.78 is -0.0510. The predicted octanol–water partition coefficient (Wildman–Crippen LogP) is 6.99. The highest BCUT2D eigenvalue weighted by molar-refractivity contribution is 8.20. The normalized spacial score (nSPS) is 26.8. The standard InChI is InChI=1S/C25H40O3S2/c1-5-6-7-8-11-25(29-12-13-30-25)18-15-21(27)23(22(28)16-18)17-9-10-19(20(26)14-17)24(2,3)4/h15-17,19-20,26-28H,5-14H2,1-4H3/t17-,19-,20?/m0/s1. The van der Waals surface area contributed by atoms with Gasteiger partial charge in [-0.3, -0.25) is 0 Å². The van der Waals surface area contributed by atoms with E-state index in [9.17, 15) is 15.3 Å². The van der Waals surface area contributed by atoms with Gasteiger partial charge in [-0.25, -0.2) is 0 Å². The third-order valence-electron chi connectivity index (χ3n) is 7.03. The molecule has 1 unspecified atom stereocenters. The first-order chi connectivity index (χ1) is 14.2. The molecule has 0 amide bonds. The lowest BCUT2D eigenvalue weighted by atomic mass is 9.67. The van der Waals surface area contributed by atoms with Gasteiger partial charge in [0.15, 0.2) is 0 Å². The molecule has 5 heteroatoms. The number of benzene rings is 1. The molecular formula is C25H40O3S2. The molecular weight excluding hydrogens is 412 g/mol. The number of hydrogen-bond donors (Lipinski definition) is 3. The second-order valence-corrected chi connectivity index (χ2v) is 13.3. The number of aliphatic hydroxyl groups excluding tert-OH is 1. The van der Waals surface area contributed by atoms with Crippen LogP contribution in [0.25, 0.3) is 0 Å². The first-order valence-electron chi connectivity index (χ1n) is 11.7. The fourth-order valence-corrected chi connectivity index (χ4v) is 8.68. The Morgan fingerprint density at radius 1 is 1.00 bits per heavy atom. The number of phenolic OH excluding ortho intramolecular Hbond substituents is 2. The van der Waals surface area contributed by atoms with Crippen LogP contribution in [0.1, 0.15) is 96.1 Å². The number of hydrogen-bond acceptors (Lipinski definition) is 5. The Hall–Kier alpha value is -0.520. The van der Waals surface area contributed by atoms with Gasteiger partial charge in [-0.05, 0) is 60.6 Å². The lowest BCUT2D eigenvalue weighted by Crippen LogP contribution is -2.37. The van der Waals surface area contributed by atoms with Crippen molar-refractivity contribution in [3.05, 3.63) is 23.3 Å². The van der Waals surface area contributed by atoms with E-state index in [1.165, 1.54) is 25.7 Å². The molecule has 1 aliphatic heterocycles. The summed E-state index contributed by atoms with van der Waals surface area (Å²) in [5, 5.41) is 32.7. The van der Waals surface area contributed by atoms with Crippen molar-refractivity contribution >= 4 is 23.5 Å². The van der Waals surface area contributed by atoms with Gasteiger partial charge in [-0.2, -0.15) is 0 Å². The van der Waals surface area contributed by atoms with Crippen LogP contribution in [0.15, 0.2) is 12.1 Å². The van der Waals surface area contributed by atoms with Crippen LogP contribution in [0.4, 0.5) is 0 Å². The Kier molecular flexibility index (Phi) is 8.01. The van der Waals surface area contributed by atoms with E-state index in [4.69, 9.17) is 0 Å². The Morgan fingerprint density at radius 2 is 1.63 bits per heavy atom. The summed E-state index contributed by atoms with van der Waals surface area (Å²) in [5.41, 5.74) is 1.76. The SMILES string of the molecule is CCCCCCC1(c2cc(O)c([C@H]3CC[C@H](C(C)(C)C)C(O)C3)c(O)c2)SCCS1. The van der Waals surface area contributed by atoms with E-state index in [1.807, 2.05) is 35.7 Å². The van der Waals surface area contributed by atoms with Gasteiger partial charge < -0.3 is 15.3 Å². The maximum atomic E-state index is 11.0. The molecule has 1 saturated carbocycles. The van der Waals surface area contributed by atoms with Gasteiger partial charge in [-0.1, -0.05) is 53.4 Å². The van der Waals surface area contributed by atoms with Gasteiger partial charge in [-0.15, -0.1) is 23.5 Å². The number of phenols is 2. The van der Waals surface area contributed by atoms with Crippen LogP contribution < -0.4 is 0 Å². The number of thioether (sulfide) groups is 2. The summed E-state index contributed by atoms with van der Waals surface area (Å²) in [6, 6.07) is 3.81. The molecule has 0 aromatic heterocycles. The van der Waals surface area contributed by atoms with Crippen LogP contribution in [0.5, 0.6) is 11.5 Å². The Balaban J connectivity index is 1.80. The van der Waals surface area contributed by atoms with Crippen LogP contribution in [0.3, 0.4) is 0 Å². The number of aromatic hydroxyl groups is 2. The molecule has 1 heterocycles. The summed E-state index contributed by atoms with van der Waals surface area (Å²) in [6.45, 7) is 8.78. The summed E-state index contributed by atoms with van der Waals surface area (Å²) in [4.78, 5) is 0. The van der Waals surface area contributed by atoms with Crippen molar-refractivity contribution in [1.82, 2.24) is 0 Å². The fraction of sp³-hybridized carbons (Fsp3) is 0.760. The Bertz CT molecular complexity index is 684. The molecule has 1 saturated heterocycles. The van der Waals surface area contributed by atoms with Gasteiger partial charge >= 0.3 is 0 Å². The molecule has 3 nitrogen and oxygen atoms in total. The molecule has 1 aromatic carbocycles. The van der Waals surface area contributed by atoms with Gasteiger partial charge in [0.05, 0.1) is 10.2 Å².